The van der Waals surface area contributed by atoms with E-state index in [1.807, 2.05) is 6.07 Å². The second kappa shape index (κ2) is 7.87. The first kappa shape index (κ1) is 19.5. The van der Waals surface area contributed by atoms with E-state index in [1.165, 1.54) is 0 Å². The van der Waals surface area contributed by atoms with E-state index in [9.17, 15) is 19.2 Å². The van der Waals surface area contributed by atoms with Gasteiger partial charge in [0.2, 0.25) is 0 Å². The van der Waals surface area contributed by atoms with Crippen LogP contribution in [-0.2, 0) is 4.79 Å². The van der Waals surface area contributed by atoms with Gasteiger partial charge < -0.3 is 0 Å². The number of fused-ring (bicyclic) bond motifs is 1. The Morgan fingerprint density at radius 3 is 1.97 bits per heavy atom. The molecule has 0 spiro atoms. The van der Waals surface area contributed by atoms with Crippen molar-refractivity contribution >= 4 is 23.4 Å². The molecule has 0 bridgehead atoms. The summed E-state index contributed by atoms with van der Waals surface area (Å²) in [5.41, 5.74) is 2.36. The van der Waals surface area contributed by atoms with E-state index in [0.717, 1.165) is 4.90 Å². The third-order valence-corrected chi connectivity index (χ3v) is 5.36. The van der Waals surface area contributed by atoms with Crippen LogP contribution in [0.4, 0.5) is 0 Å². The summed E-state index contributed by atoms with van der Waals surface area (Å²) in [5, 5.41) is 0. The van der Waals surface area contributed by atoms with Crippen LogP contribution in [0.5, 0.6) is 0 Å². The molecule has 0 fully saturated rings. The average molecular weight is 397 g/mol. The number of hydrogen-bond donors (Lipinski definition) is 0. The number of hydrogen-bond acceptors (Lipinski definition) is 4. The highest BCUT2D eigenvalue weighted by atomic mass is 16.2. The lowest BCUT2D eigenvalue weighted by atomic mass is 9.93. The van der Waals surface area contributed by atoms with E-state index in [0.29, 0.717) is 27.8 Å². The minimum absolute atomic E-state index is 0.127. The number of Topliss-reactive ketones (excluding diaryl/α,β-unsaturated/α-hetero) is 1. The molecule has 1 heterocycles. The van der Waals surface area contributed by atoms with Crippen LogP contribution in [0.2, 0.25) is 0 Å². The highest BCUT2D eigenvalue weighted by molar-refractivity contribution is 6.22. The number of carbonyl (C=O) groups is 4. The molecule has 0 radical (unpaired) electrons. The summed E-state index contributed by atoms with van der Waals surface area (Å²) in [6, 6.07) is 22.4. The van der Waals surface area contributed by atoms with Crippen LogP contribution < -0.4 is 0 Å². The van der Waals surface area contributed by atoms with Crippen LogP contribution in [0.3, 0.4) is 0 Å². The highest BCUT2D eigenvalue weighted by Crippen LogP contribution is 2.25. The molecule has 1 atom stereocenters. The van der Waals surface area contributed by atoms with Crippen LogP contribution in [0.1, 0.15) is 55.0 Å². The Balaban J connectivity index is 1.52. The van der Waals surface area contributed by atoms with Gasteiger partial charge >= 0.3 is 0 Å². The average Bonchev–Trinajstić information content (AvgIpc) is 3.03. The van der Waals surface area contributed by atoms with E-state index in [1.54, 1.807) is 79.7 Å². The van der Waals surface area contributed by atoms with E-state index in [4.69, 9.17) is 0 Å². The molecular formula is C25H19NO4. The number of imide groups is 1. The molecule has 3 aromatic carbocycles. The van der Waals surface area contributed by atoms with Crippen molar-refractivity contribution in [3.63, 3.8) is 0 Å². The molecule has 0 aromatic heterocycles. The molecule has 5 heteroatoms. The summed E-state index contributed by atoms with van der Waals surface area (Å²) in [6.45, 7) is 1.41. The fraction of sp³-hybridized carbons (Fsp3) is 0.120. The second-order valence-electron chi connectivity index (χ2n) is 7.25. The molecular weight excluding hydrogens is 378 g/mol. The Kier molecular flexibility index (Phi) is 5.11. The largest absolute Gasteiger partial charge is 0.297 e. The molecule has 4 rings (SSSR count). The van der Waals surface area contributed by atoms with E-state index in [2.05, 4.69) is 0 Å². The monoisotopic (exact) mass is 397 g/mol. The first-order valence-corrected chi connectivity index (χ1v) is 9.65. The zero-order chi connectivity index (χ0) is 21.3. The fourth-order valence-electron chi connectivity index (χ4n) is 3.57. The Morgan fingerprint density at radius 2 is 1.33 bits per heavy atom. The van der Waals surface area contributed by atoms with E-state index in [-0.39, 0.29) is 18.1 Å². The van der Waals surface area contributed by atoms with Crippen molar-refractivity contribution in [2.75, 3.05) is 6.54 Å². The zero-order valence-electron chi connectivity index (χ0n) is 16.4. The van der Waals surface area contributed by atoms with Crippen LogP contribution in [0.15, 0.2) is 78.9 Å². The Hall–Kier alpha value is -3.86. The SMILES string of the molecule is CC(C(=O)CN1C(=O)c2ccccc2C1=O)c1cccc(C(=O)c2ccccc2)c1. The predicted molar refractivity (Wildman–Crippen MR) is 112 cm³/mol. The molecule has 3 aromatic rings. The zero-order valence-corrected chi connectivity index (χ0v) is 16.4. The topological polar surface area (TPSA) is 71.5 Å². The maximum atomic E-state index is 12.9. The number of nitrogens with zero attached hydrogens (tertiary/aromatic N) is 1. The Morgan fingerprint density at radius 1 is 0.767 bits per heavy atom. The van der Waals surface area contributed by atoms with Crippen molar-refractivity contribution in [3.05, 3.63) is 107 Å². The minimum atomic E-state index is -0.571. The quantitative estimate of drug-likeness (QED) is 0.467. The van der Waals surface area contributed by atoms with Crippen molar-refractivity contribution in [2.45, 2.75) is 12.8 Å². The van der Waals surface area contributed by atoms with Gasteiger partial charge in [-0.25, -0.2) is 0 Å². The maximum absolute atomic E-state index is 12.9. The molecule has 30 heavy (non-hydrogen) atoms. The van der Waals surface area contributed by atoms with Gasteiger partial charge in [-0.05, 0) is 23.8 Å². The van der Waals surface area contributed by atoms with Crippen molar-refractivity contribution < 1.29 is 19.2 Å². The van der Waals surface area contributed by atoms with Gasteiger partial charge in [-0.1, -0.05) is 67.6 Å². The minimum Gasteiger partial charge on any atom is -0.297 e. The molecule has 1 unspecified atom stereocenters. The molecule has 1 aliphatic rings. The lowest BCUT2D eigenvalue weighted by molar-refractivity contribution is -0.120. The van der Waals surface area contributed by atoms with Crippen LogP contribution in [0, 0.1) is 0 Å². The van der Waals surface area contributed by atoms with Crippen molar-refractivity contribution in [1.29, 1.82) is 0 Å². The number of ketones is 2. The van der Waals surface area contributed by atoms with Crippen molar-refractivity contribution in [3.8, 4) is 0 Å². The molecule has 2 amide bonds. The summed E-state index contributed by atoms with van der Waals surface area (Å²) < 4.78 is 0. The molecule has 1 aliphatic heterocycles. The number of amides is 2. The Labute approximate surface area is 174 Å². The van der Waals surface area contributed by atoms with Gasteiger partial charge in [-0.3, -0.25) is 24.1 Å². The van der Waals surface area contributed by atoms with Crippen LogP contribution in [-0.4, -0.2) is 34.8 Å². The van der Waals surface area contributed by atoms with Crippen molar-refractivity contribution in [2.24, 2.45) is 0 Å². The smallest absolute Gasteiger partial charge is 0.261 e. The van der Waals surface area contributed by atoms with Gasteiger partial charge in [-0.2, -0.15) is 0 Å². The van der Waals surface area contributed by atoms with Gasteiger partial charge in [-0.15, -0.1) is 0 Å². The summed E-state index contributed by atoms with van der Waals surface area (Å²) in [5.74, 6) is -1.88. The molecule has 5 nitrogen and oxygen atoms in total. The fourth-order valence-corrected chi connectivity index (χ4v) is 3.57. The summed E-state index contributed by atoms with van der Waals surface area (Å²) in [6.07, 6.45) is 0. The lowest BCUT2D eigenvalue weighted by Crippen LogP contribution is -2.36. The van der Waals surface area contributed by atoms with Crippen molar-refractivity contribution in [1.82, 2.24) is 4.90 Å². The number of carbonyl (C=O) groups excluding carboxylic acids is 4. The maximum Gasteiger partial charge on any atom is 0.261 e. The number of rotatable bonds is 6. The molecule has 0 saturated carbocycles. The highest BCUT2D eigenvalue weighted by Gasteiger charge is 2.37. The predicted octanol–water partition coefficient (Wildman–Crippen LogP) is 3.89. The molecule has 148 valence electrons. The number of benzene rings is 3. The summed E-state index contributed by atoms with van der Waals surface area (Å²) in [4.78, 5) is 51.6. The lowest BCUT2D eigenvalue weighted by Gasteiger charge is -2.17. The van der Waals surface area contributed by atoms with Gasteiger partial charge in [0.1, 0.15) is 0 Å². The first-order chi connectivity index (χ1) is 14.5. The third-order valence-electron chi connectivity index (χ3n) is 5.36. The summed E-state index contributed by atoms with van der Waals surface area (Å²) >= 11 is 0. The Bertz CT molecular complexity index is 1130. The standard InChI is InChI=1S/C25H19NO4/c1-16(18-10-7-11-19(14-18)23(28)17-8-3-2-4-9-17)22(27)15-26-24(29)20-12-5-6-13-21(20)25(26)30/h2-14,16H,15H2,1H3. The van der Waals surface area contributed by atoms with Gasteiger partial charge in [0, 0.05) is 17.0 Å². The molecule has 0 saturated heterocycles. The van der Waals surface area contributed by atoms with E-state index < -0.39 is 17.7 Å². The van der Waals surface area contributed by atoms with Crippen LogP contribution in [0.25, 0.3) is 0 Å². The summed E-state index contributed by atoms with van der Waals surface area (Å²) in [7, 11) is 0. The van der Waals surface area contributed by atoms with E-state index >= 15 is 0 Å². The van der Waals surface area contributed by atoms with Gasteiger partial charge in [0.05, 0.1) is 17.7 Å². The van der Waals surface area contributed by atoms with Crippen LogP contribution >= 0.6 is 0 Å². The van der Waals surface area contributed by atoms with Gasteiger partial charge in [0.25, 0.3) is 11.8 Å². The van der Waals surface area contributed by atoms with Gasteiger partial charge in [0.15, 0.2) is 11.6 Å². The molecule has 0 aliphatic carbocycles. The normalized spacial score (nSPS) is 13.8. The second-order valence-corrected chi connectivity index (χ2v) is 7.25. The first-order valence-electron chi connectivity index (χ1n) is 9.65. The third kappa shape index (κ3) is 3.46. The molecule has 0 N–H and O–H groups in total.